The third-order valence-electron chi connectivity index (χ3n) is 5.80. The highest BCUT2D eigenvalue weighted by atomic mass is 32.2. The Kier molecular flexibility index (Phi) is 8.96. The van der Waals surface area contributed by atoms with Gasteiger partial charge in [0.25, 0.3) is 15.9 Å². The number of benzene rings is 4. The summed E-state index contributed by atoms with van der Waals surface area (Å²) in [6.45, 7) is 2.11. The fraction of sp³-hybridized carbons (Fsp3) is 0.133. The van der Waals surface area contributed by atoms with Crippen molar-refractivity contribution in [1.82, 2.24) is 5.32 Å². The van der Waals surface area contributed by atoms with Crippen LogP contribution in [0.1, 0.15) is 22.8 Å². The average molecular weight is 544 g/mol. The van der Waals surface area contributed by atoms with Gasteiger partial charge in [-0.15, -0.1) is 0 Å². The van der Waals surface area contributed by atoms with Crippen LogP contribution in [0.2, 0.25) is 0 Å². The number of ether oxygens (including phenoxy) is 1. The van der Waals surface area contributed by atoms with E-state index < -0.39 is 22.5 Å². The van der Waals surface area contributed by atoms with Crippen LogP contribution >= 0.6 is 0 Å². The number of para-hydroxylation sites is 2. The summed E-state index contributed by atoms with van der Waals surface area (Å²) in [4.78, 5) is 26.1. The maximum Gasteiger partial charge on any atom is 0.264 e. The van der Waals surface area contributed by atoms with Crippen molar-refractivity contribution < 1.29 is 22.7 Å². The highest BCUT2D eigenvalue weighted by Gasteiger charge is 2.27. The SMILES string of the molecule is CCOc1ccc(S(=O)(=O)N(CC(=O)Nc2ccccc2C(=O)NCc2ccccc2)c2ccccc2)cc1. The van der Waals surface area contributed by atoms with Gasteiger partial charge in [-0.1, -0.05) is 60.7 Å². The lowest BCUT2D eigenvalue weighted by Crippen LogP contribution is -2.38. The number of carbonyl (C=O) groups excluding carboxylic acids is 2. The molecule has 4 aromatic rings. The van der Waals surface area contributed by atoms with E-state index in [1.54, 1.807) is 66.7 Å². The summed E-state index contributed by atoms with van der Waals surface area (Å²) in [5.41, 5.74) is 1.81. The molecule has 0 bridgehead atoms. The number of hydrogen-bond donors (Lipinski definition) is 2. The molecule has 0 aromatic heterocycles. The molecule has 0 aliphatic carbocycles. The van der Waals surface area contributed by atoms with E-state index in [1.165, 1.54) is 12.1 Å². The van der Waals surface area contributed by atoms with Gasteiger partial charge in [0, 0.05) is 6.54 Å². The van der Waals surface area contributed by atoms with Gasteiger partial charge in [-0.3, -0.25) is 13.9 Å². The lowest BCUT2D eigenvalue weighted by atomic mass is 10.1. The lowest BCUT2D eigenvalue weighted by molar-refractivity contribution is -0.114. The Morgan fingerprint density at radius 2 is 1.41 bits per heavy atom. The lowest BCUT2D eigenvalue weighted by Gasteiger charge is -2.24. The molecule has 2 N–H and O–H groups in total. The Morgan fingerprint density at radius 3 is 2.08 bits per heavy atom. The average Bonchev–Trinajstić information content (AvgIpc) is 2.96. The number of sulfonamides is 1. The molecular weight excluding hydrogens is 514 g/mol. The number of carbonyl (C=O) groups is 2. The molecular formula is C30H29N3O5S. The highest BCUT2D eigenvalue weighted by Crippen LogP contribution is 2.25. The molecule has 8 nitrogen and oxygen atoms in total. The first-order valence-electron chi connectivity index (χ1n) is 12.4. The maximum absolute atomic E-state index is 13.6. The number of nitrogens with zero attached hydrogens (tertiary/aromatic N) is 1. The molecule has 39 heavy (non-hydrogen) atoms. The molecule has 4 aromatic carbocycles. The fourth-order valence-electron chi connectivity index (χ4n) is 3.89. The second-order valence-electron chi connectivity index (χ2n) is 8.51. The van der Waals surface area contributed by atoms with Gasteiger partial charge in [0.05, 0.1) is 28.4 Å². The van der Waals surface area contributed by atoms with Gasteiger partial charge < -0.3 is 15.4 Å². The largest absolute Gasteiger partial charge is 0.494 e. The van der Waals surface area contributed by atoms with E-state index in [1.807, 2.05) is 37.3 Å². The minimum absolute atomic E-state index is 0.0169. The molecule has 200 valence electrons. The minimum Gasteiger partial charge on any atom is -0.494 e. The third kappa shape index (κ3) is 7.03. The van der Waals surface area contributed by atoms with Crippen molar-refractivity contribution in [1.29, 1.82) is 0 Å². The van der Waals surface area contributed by atoms with Crippen LogP contribution in [0.4, 0.5) is 11.4 Å². The molecule has 0 heterocycles. The van der Waals surface area contributed by atoms with Crippen LogP contribution in [0.25, 0.3) is 0 Å². The zero-order valence-corrected chi connectivity index (χ0v) is 22.2. The molecule has 4 rings (SSSR count). The molecule has 0 unspecified atom stereocenters. The predicted octanol–water partition coefficient (Wildman–Crippen LogP) is 4.85. The van der Waals surface area contributed by atoms with Crippen molar-refractivity contribution in [2.75, 3.05) is 22.8 Å². The van der Waals surface area contributed by atoms with E-state index in [-0.39, 0.29) is 22.1 Å². The molecule has 9 heteroatoms. The maximum atomic E-state index is 13.6. The van der Waals surface area contributed by atoms with Crippen LogP contribution in [0.5, 0.6) is 5.75 Å². The van der Waals surface area contributed by atoms with Gasteiger partial charge in [-0.05, 0) is 61.0 Å². The number of amides is 2. The van der Waals surface area contributed by atoms with Crippen LogP contribution in [0, 0.1) is 0 Å². The molecule has 0 aliphatic rings. The third-order valence-corrected chi connectivity index (χ3v) is 7.58. The second-order valence-corrected chi connectivity index (χ2v) is 10.4. The van der Waals surface area contributed by atoms with E-state index in [2.05, 4.69) is 10.6 Å². The number of nitrogens with one attached hydrogen (secondary N) is 2. The van der Waals surface area contributed by atoms with Crippen molar-refractivity contribution in [3.05, 3.63) is 120 Å². The molecule has 2 amide bonds. The zero-order valence-electron chi connectivity index (χ0n) is 21.4. The summed E-state index contributed by atoms with van der Waals surface area (Å²) in [6, 6.07) is 30.5. The Balaban J connectivity index is 1.54. The smallest absolute Gasteiger partial charge is 0.264 e. The van der Waals surface area contributed by atoms with Gasteiger partial charge in [-0.2, -0.15) is 0 Å². The van der Waals surface area contributed by atoms with E-state index in [0.717, 1.165) is 9.87 Å². The number of hydrogen-bond acceptors (Lipinski definition) is 5. The molecule has 0 saturated heterocycles. The van der Waals surface area contributed by atoms with Crippen LogP contribution in [0.3, 0.4) is 0 Å². The summed E-state index contributed by atoms with van der Waals surface area (Å²) in [6.07, 6.45) is 0. The molecule has 0 saturated carbocycles. The summed E-state index contributed by atoms with van der Waals surface area (Å²) in [5, 5.41) is 5.56. The molecule has 0 fully saturated rings. The Morgan fingerprint density at radius 1 is 0.795 bits per heavy atom. The van der Waals surface area contributed by atoms with E-state index >= 15 is 0 Å². The first-order valence-corrected chi connectivity index (χ1v) is 13.8. The molecule has 0 aliphatic heterocycles. The van der Waals surface area contributed by atoms with Gasteiger partial charge >= 0.3 is 0 Å². The number of anilines is 2. The molecule has 0 radical (unpaired) electrons. The van der Waals surface area contributed by atoms with Crippen molar-refractivity contribution in [3.8, 4) is 5.75 Å². The monoisotopic (exact) mass is 543 g/mol. The summed E-state index contributed by atoms with van der Waals surface area (Å²) in [7, 11) is -4.10. The number of rotatable bonds is 11. The zero-order chi connectivity index (χ0) is 27.7. The first kappa shape index (κ1) is 27.4. The van der Waals surface area contributed by atoms with Crippen molar-refractivity contribution in [2.45, 2.75) is 18.4 Å². The van der Waals surface area contributed by atoms with Gasteiger partial charge in [0.1, 0.15) is 12.3 Å². The quantitative estimate of drug-likeness (QED) is 0.281. The predicted molar refractivity (Wildman–Crippen MR) is 151 cm³/mol. The van der Waals surface area contributed by atoms with Crippen LogP contribution in [-0.4, -0.2) is 33.4 Å². The fourth-order valence-corrected chi connectivity index (χ4v) is 5.32. The van der Waals surface area contributed by atoms with Crippen molar-refractivity contribution in [3.63, 3.8) is 0 Å². The van der Waals surface area contributed by atoms with Crippen LogP contribution in [-0.2, 0) is 21.4 Å². The minimum atomic E-state index is -4.10. The van der Waals surface area contributed by atoms with Crippen molar-refractivity contribution in [2.24, 2.45) is 0 Å². The van der Waals surface area contributed by atoms with Crippen LogP contribution in [0.15, 0.2) is 114 Å². The highest BCUT2D eigenvalue weighted by molar-refractivity contribution is 7.92. The topological polar surface area (TPSA) is 105 Å². The Hall–Kier alpha value is -4.63. The van der Waals surface area contributed by atoms with E-state index in [9.17, 15) is 18.0 Å². The van der Waals surface area contributed by atoms with E-state index in [4.69, 9.17) is 4.74 Å². The molecule has 0 spiro atoms. The Labute approximate surface area is 228 Å². The van der Waals surface area contributed by atoms with Gasteiger partial charge in [0.2, 0.25) is 5.91 Å². The summed E-state index contributed by atoms with van der Waals surface area (Å²) < 4.78 is 33.7. The summed E-state index contributed by atoms with van der Waals surface area (Å²) in [5.74, 6) is -0.420. The van der Waals surface area contributed by atoms with Gasteiger partial charge in [-0.25, -0.2) is 8.42 Å². The van der Waals surface area contributed by atoms with E-state index in [0.29, 0.717) is 24.6 Å². The Bertz CT molecular complexity index is 1510. The van der Waals surface area contributed by atoms with Gasteiger partial charge in [0.15, 0.2) is 0 Å². The standard InChI is InChI=1S/C30H29N3O5S/c1-2-38-25-17-19-26(20-18-25)39(36,37)33(24-13-7-4-8-14-24)22-29(34)32-28-16-10-9-15-27(28)30(35)31-21-23-11-5-3-6-12-23/h3-20H,2,21-22H2,1H3,(H,31,35)(H,32,34). The second kappa shape index (κ2) is 12.7. The first-order chi connectivity index (χ1) is 18.9. The normalized spacial score (nSPS) is 10.9. The summed E-state index contributed by atoms with van der Waals surface area (Å²) >= 11 is 0. The van der Waals surface area contributed by atoms with Crippen molar-refractivity contribution >= 4 is 33.2 Å². The van der Waals surface area contributed by atoms with Crippen LogP contribution < -0.4 is 19.7 Å². The molecule has 0 atom stereocenters.